The van der Waals surface area contributed by atoms with Crippen LogP contribution in [-0.4, -0.2) is 56.8 Å². The standard InChI is InChI=1S/C23H27NO7S/c1-23(2)22(26)21(24-11-5-6-20(24)25)16-12-19(18(30-4)13-17(16)31-23)32(27,28)15-9-7-14(29-3)8-10-15/h7-10,12-13,21-22,26H,5-6,11H2,1-4H3/t21-,22+/m1/s1. The zero-order valence-electron chi connectivity index (χ0n) is 18.5. The largest absolute Gasteiger partial charge is 0.497 e. The van der Waals surface area contributed by atoms with Gasteiger partial charge in [0.1, 0.15) is 33.8 Å². The van der Waals surface area contributed by atoms with Gasteiger partial charge in [0.05, 0.1) is 25.2 Å². The number of hydrogen-bond donors (Lipinski definition) is 1. The number of fused-ring (bicyclic) bond motifs is 1. The molecule has 0 spiro atoms. The van der Waals surface area contributed by atoms with Crippen LogP contribution in [0.4, 0.5) is 0 Å². The third kappa shape index (κ3) is 3.59. The Hall–Kier alpha value is -2.78. The zero-order chi connectivity index (χ0) is 23.3. The van der Waals surface area contributed by atoms with E-state index in [9.17, 15) is 18.3 Å². The summed E-state index contributed by atoms with van der Waals surface area (Å²) >= 11 is 0. The maximum atomic E-state index is 13.5. The van der Waals surface area contributed by atoms with E-state index in [1.165, 1.54) is 38.5 Å². The quantitative estimate of drug-likeness (QED) is 0.730. The lowest BCUT2D eigenvalue weighted by molar-refractivity contribution is -0.139. The number of nitrogens with zero attached hydrogens (tertiary/aromatic N) is 1. The second kappa shape index (κ2) is 7.97. The minimum absolute atomic E-state index is 0.0592. The van der Waals surface area contributed by atoms with Gasteiger partial charge < -0.3 is 24.2 Å². The summed E-state index contributed by atoms with van der Waals surface area (Å²) in [6.45, 7) is 3.97. The van der Waals surface area contributed by atoms with Crippen molar-refractivity contribution in [2.24, 2.45) is 0 Å². The molecular formula is C23H27NO7S. The predicted octanol–water partition coefficient (Wildman–Crippen LogP) is 2.73. The monoisotopic (exact) mass is 461 g/mol. The fourth-order valence-corrected chi connectivity index (χ4v) is 5.76. The van der Waals surface area contributed by atoms with E-state index in [4.69, 9.17) is 14.2 Å². The highest BCUT2D eigenvalue weighted by atomic mass is 32.2. The maximum absolute atomic E-state index is 13.5. The van der Waals surface area contributed by atoms with Crippen LogP contribution in [0.5, 0.6) is 17.2 Å². The van der Waals surface area contributed by atoms with Crippen molar-refractivity contribution in [2.75, 3.05) is 20.8 Å². The number of aliphatic hydroxyl groups excluding tert-OH is 1. The van der Waals surface area contributed by atoms with Crippen molar-refractivity contribution >= 4 is 15.7 Å². The number of hydrogen-bond acceptors (Lipinski definition) is 7. The number of aliphatic hydroxyl groups is 1. The van der Waals surface area contributed by atoms with E-state index >= 15 is 0 Å². The van der Waals surface area contributed by atoms with Gasteiger partial charge in [-0.25, -0.2) is 8.42 Å². The molecule has 1 fully saturated rings. The number of rotatable bonds is 5. The van der Waals surface area contributed by atoms with Gasteiger partial charge in [-0.05, 0) is 50.6 Å². The van der Waals surface area contributed by atoms with E-state index in [1.807, 2.05) is 0 Å². The lowest BCUT2D eigenvalue weighted by Crippen LogP contribution is -2.53. The minimum atomic E-state index is -3.97. The number of amides is 1. The second-order valence-electron chi connectivity index (χ2n) is 8.51. The molecule has 9 heteroatoms. The van der Waals surface area contributed by atoms with Crippen LogP contribution in [0.25, 0.3) is 0 Å². The summed E-state index contributed by atoms with van der Waals surface area (Å²) in [5.41, 5.74) is -0.540. The van der Waals surface area contributed by atoms with Crippen molar-refractivity contribution in [1.29, 1.82) is 0 Å². The number of benzene rings is 2. The molecule has 0 aliphatic carbocycles. The molecule has 0 saturated carbocycles. The third-order valence-corrected chi connectivity index (χ3v) is 7.89. The molecule has 1 saturated heterocycles. The van der Waals surface area contributed by atoms with Crippen molar-refractivity contribution in [1.82, 2.24) is 4.90 Å². The van der Waals surface area contributed by atoms with Crippen molar-refractivity contribution in [3.05, 3.63) is 42.0 Å². The van der Waals surface area contributed by atoms with E-state index in [0.29, 0.717) is 36.4 Å². The summed E-state index contributed by atoms with van der Waals surface area (Å²) in [6.07, 6.45) is 0.0423. The molecule has 2 aliphatic heterocycles. The molecular weight excluding hydrogens is 434 g/mol. The van der Waals surface area contributed by atoms with E-state index in [1.54, 1.807) is 30.9 Å². The van der Waals surface area contributed by atoms with Gasteiger partial charge in [0.25, 0.3) is 0 Å². The van der Waals surface area contributed by atoms with Crippen molar-refractivity contribution in [2.45, 2.75) is 54.2 Å². The minimum Gasteiger partial charge on any atom is -0.497 e. The first kappa shape index (κ1) is 22.4. The Labute approximate surface area is 187 Å². The summed E-state index contributed by atoms with van der Waals surface area (Å²) in [5.74, 6) is 0.967. The van der Waals surface area contributed by atoms with E-state index < -0.39 is 27.6 Å². The number of carbonyl (C=O) groups excluding carboxylic acids is 1. The van der Waals surface area contributed by atoms with Gasteiger partial charge in [0.2, 0.25) is 15.7 Å². The Kier molecular flexibility index (Phi) is 5.58. The Morgan fingerprint density at radius 1 is 1.12 bits per heavy atom. The molecule has 1 amide bonds. The van der Waals surface area contributed by atoms with Gasteiger partial charge >= 0.3 is 0 Å². The molecule has 0 radical (unpaired) electrons. The highest BCUT2D eigenvalue weighted by molar-refractivity contribution is 7.91. The van der Waals surface area contributed by atoms with Gasteiger partial charge in [-0.2, -0.15) is 0 Å². The molecule has 2 heterocycles. The first-order valence-electron chi connectivity index (χ1n) is 10.4. The maximum Gasteiger partial charge on any atom is 0.223 e. The lowest BCUT2D eigenvalue weighted by Gasteiger charge is -2.45. The van der Waals surface area contributed by atoms with Crippen molar-refractivity contribution < 1.29 is 32.5 Å². The van der Waals surface area contributed by atoms with Gasteiger partial charge in [-0.15, -0.1) is 0 Å². The molecule has 2 aromatic rings. The van der Waals surface area contributed by atoms with Gasteiger partial charge in [0, 0.05) is 24.6 Å². The van der Waals surface area contributed by atoms with E-state index in [2.05, 4.69) is 0 Å². The normalized spacial score (nSPS) is 22.3. The molecule has 4 rings (SSSR count). The molecule has 32 heavy (non-hydrogen) atoms. The fraction of sp³-hybridized carbons (Fsp3) is 0.435. The number of ether oxygens (including phenoxy) is 3. The Balaban J connectivity index is 1.89. The van der Waals surface area contributed by atoms with Crippen LogP contribution in [0.1, 0.15) is 38.3 Å². The zero-order valence-corrected chi connectivity index (χ0v) is 19.3. The van der Waals surface area contributed by atoms with Gasteiger partial charge in [-0.1, -0.05) is 0 Å². The van der Waals surface area contributed by atoms with Gasteiger partial charge in [-0.3, -0.25) is 4.79 Å². The predicted molar refractivity (Wildman–Crippen MR) is 116 cm³/mol. The third-order valence-electron chi connectivity index (χ3n) is 6.10. The fourth-order valence-electron chi connectivity index (χ4n) is 4.32. The van der Waals surface area contributed by atoms with Crippen molar-refractivity contribution in [3.63, 3.8) is 0 Å². The highest BCUT2D eigenvalue weighted by Gasteiger charge is 2.48. The first-order valence-corrected chi connectivity index (χ1v) is 11.9. The lowest BCUT2D eigenvalue weighted by atomic mass is 9.85. The number of carbonyl (C=O) groups is 1. The number of methoxy groups -OCH3 is 2. The van der Waals surface area contributed by atoms with Crippen LogP contribution < -0.4 is 14.2 Å². The topological polar surface area (TPSA) is 102 Å². The van der Waals surface area contributed by atoms with Gasteiger partial charge in [0.15, 0.2) is 0 Å². The second-order valence-corrected chi connectivity index (χ2v) is 10.4. The molecule has 0 bridgehead atoms. The molecule has 0 unspecified atom stereocenters. The Morgan fingerprint density at radius 2 is 1.81 bits per heavy atom. The smallest absolute Gasteiger partial charge is 0.223 e. The highest BCUT2D eigenvalue weighted by Crippen LogP contribution is 2.47. The summed E-state index contributed by atoms with van der Waals surface area (Å²) in [6, 6.07) is 8.32. The Morgan fingerprint density at radius 3 is 2.38 bits per heavy atom. The summed E-state index contributed by atoms with van der Waals surface area (Å²) in [7, 11) is -1.08. The van der Waals surface area contributed by atoms with Crippen LogP contribution in [0.3, 0.4) is 0 Å². The van der Waals surface area contributed by atoms with Crippen LogP contribution in [0.2, 0.25) is 0 Å². The summed E-state index contributed by atoms with van der Waals surface area (Å²) in [5, 5.41) is 11.1. The van der Waals surface area contributed by atoms with Crippen LogP contribution >= 0.6 is 0 Å². The SMILES string of the molecule is COc1ccc(S(=O)(=O)c2cc3c(cc2OC)OC(C)(C)[C@@H](O)[C@@H]3N2CCCC2=O)cc1. The average molecular weight is 462 g/mol. The molecule has 1 N–H and O–H groups in total. The summed E-state index contributed by atoms with van der Waals surface area (Å²) in [4.78, 5) is 14.2. The average Bonchev–Trinajstić information content (AvgIpc) is 3.19. The molecule has 2 aliphatic rings. The van der Waals surface area contributed by atoms with Crippen LogP contribution in [-0.2, 0) is 14.6 Å². The van der Waals surface area contributed by atoms with E-state index in [-0.39, 0.29) is 21.4 Å². The molecule has 172 valence electrons. The van der Waals surface area contributed by atoms with Crippen LogP contribution in [0.15, 0.2) is 46.2 Å². The molecule has 2 aromatic carbocycles. The summed E-state index contributed by atoms with van der Waals surface area (Å²) < 4.78 is 43.5. The van der Waals surface area contributed by atoms with Crippen LogP contribution in [0, 0.1) is 0 Å². The Bertz CT molecular complexity index is 1140. The number of likely N-dealkylation sites (tertiary alicyclic amines) is 1. The first-order chi connectivity index (χ1) is 15.1. The molecule has 0 aromatic heterocycles. The van der Waals surface area contributed by atoms with E-state index in [0.717, 1.165) is 0 Å². The number of sulfone groups is 1. The molecule has 2 atom stereocenters. The van der Waals surface area contributed by atoms with Crippen molar-refractivity contribution in [3.8, 4) is 17.2 Å². The molecule has 8 nitrogen and oxygen atoms in total.